The number of rotatable bonds is 8. The van der Waals surface area contributed by atoms with Crippen LogP contribution in [-0.2, 0) is 13.1 Å². The standard InChI is InChI=1S/C24H34N2O4/c1-17-11-21(27-3)23(29-5)13-19(17)15-25-7-9-26(10-8-25)16-20-14-24(30-6)22(28-4)12-18(20)2/h11-14H,7-10,15-16H2,1-6H3. The fourth-order valence-corrected chi connectivity index (χ4v) is 3.97. The van der Waals surface area contributed by atoms with E-state index in [0.29, 0.717) is 0 Å². The summed E-state index contributed by atoms with van der Waals surface area (Å²) < 4.78 is 21.8. The normalized spacial score (nSPS) is 15.1. The van der Waals surface area contributed by atoms with Crippen LogP contribution in [-0.4, -0.2) is 64.4 Å². The molecule has 1 saturated heterocycles. The van der Waals surface area contributed by atoms with Crippen LogP contribution in [0.2, 0.25) is 0 Å². The number of methoxy groups -OCH3 is 4. The largest absolute Gasteiger partial charge is 0.493 e. The summed E-state index contributed by atoms with van der Waals surface area (Å²) in [6.07, 6.45) is 0. The van der Waals surface area contributed by atoms with Crippen LogP contribution in [0.25, 0.3) is 0 Å². The monoisotopic (exact) mass is 414 g/mol. The van der Waals surface area contributed by atoms with Crippen molar-refractivity contribution >= 4 is 0 Å². The molecule has 0 bridgehead atoms. The molecule has 0 unspecified atom stereocenters. The van der Waals surface area contributed by atoms with E-state index in [9.17, 15) is 0 Å². The lowest BCUT2D eigenvalue weighted by Gasteiger charge is -2.35. The lowest BCUT2D eigenvalue weighted by Crippen LogP contribution is -2.45. The molecule has 0 aliphatic carbocycles. The molecule has 0 N–H and O–H groups in total. The van der Waals surface area contributed by atoms with Crippen molar-refractivity contribution in [2.45, 2.75) is 26.9 Å². The highest BCUT2D eigenvalue weighted by Crippen LogP contribution is 2.32. The Morgan fingerprint density at radius 3 is 1.17 bits per heavy atom. The fourth-order valence-electron chi connectivity index (χ4n) is 3.97. The van der Waals surface area contributed by atoms with E-state index in [-0.39, 0.29) is 0 Å². The van der Waals surface area contributed by atoms with Crippen LogP contribution in [0.3, 0.4) is 0 Å². The van der Waals surface area contributed by atoms with Gasteiger partial charge in [0.1, 0.15) is 0 Å². The first-order chi connectivity index (χ1) is 14.5. The van der Waals surface area contributed by atoms with E-state index in [4.69, 9.17) is 18.9 Å². The minimum Gasteiger partial charge on any atom is -0.493 e. The first-order valence-electron chi connectivity index (χ1n) is 10.4. The Morgan fingerprint density at radius 1 is 0.567 bits per heavy atom. The molecule has 0 atom stereocenters. The Balaban J connectivity index is 1.61. The van der Waals surface area contributed by atoms with Gasteiger partial charge in [0.2, 0.25) is 0 Å². The van der Waals surface area contributed by atoms with Gasteiger partial charge in [-0.3, -0.25) is 9.80 Å². The minimum atomic E-state index is 0.786. The molecule has 164 valence electrons. The predicted molar refractivity (Wildman–Crippen MR) is 119 cm³/mol. The van der Waals surface area contributed by atoms with Gasteiger partial charge in [-0.05, 0) is 60.4 Å². The average molecular weight is 415 g/mol. The van der Waals surface area contributed by atoms with Crippen LogP contribution in [0.15, 0.2) is 24.3 Å². The molecule has 0 spiro atoms. The lowest BCUT2D eigenvalue weighted by atomic mass is 10.1. The van der Waals surface area contributed by atoms with E-state index < -0.39 is 0 Å². The second-order valence-electron chi connectivity index (χ2n) is 7.82. The zero-order chi connectivity index (χ0) is 21.7. The molecule has 0 radical (unpaired) electrons. The molecule has 3 rings (SSSR count). The van der Waals surface area contributed by atoms with Gasteiger partial charge in [0.15, 0.2) is 23.0 Å². The van der Waals surface area contributed by atoms with E-state index in [0.717, 1.165) is 62.3 Å². The summed E-state index contributed by atoms with van der Waals surface area (Å²) in [5.74, 6) is 3.16. The van der Waals surface area contributed by atoms with E-state index in [2.05, 4.69) is 47.9 Å². The molecule has 6 heteroatoms. The smallest absolute Gasteiger partial charge is 0.161 e. The van der Waals surface area contributed by atoms with Gasteiger partial charge >= 0.3 is 0 Å². The molecular weight excluding hydrogens is 380 g/mol. The van der Waals surface area contributed by atoms with Crippen molar-refractivity contribution in [2.75, 3.05) is 54.6 Å². The number of hydrogen-bond acceptors (Lipinski definition) is 6. The summed E-state index contributed by atoms with van der Waals surface area (Å²) in [7, 11) is 6.73. The topological polar surface area (TPSA) is 43.4 Å². The molecule has 0 saturated carbocycles. The van der Waals surface area contributed by atoms with Crippen LogP contribution in [0.5, 0.6) is 23.0 Å². The molecule has 30 heavy (non-hydrogen) atoms. The van der Waals surface area contributed by atoms with Gasteiger partial charge in [-0.2, -0.15) is 0 Å². The van der Waals surface area contributed by atoms with Crippen LogP contribution >= 0.6 is 0 Å². The highest BCUT2D eigenvalue weighted by Gasteiger charge is 2.20. The Bertz CT molecular complexity index is 789. The third-order valence-corrected chi connectivity index (χ3v) is 5.94. The van der Waals surface area contributed by atoms with Gasteiger partial charge in [-0.15, -0.1) is 0 Å². The first kappa shape index (κ1) is 22.2. The predicted octanol–water partition coefficient (Wildman–Crippen LogP) is 3.66. The van der Waals surface area contributed by atoms with Crippen molar-refractivity contribution in [3.8, 4) is 23.0 Å². The second-order valence-corrected chi connectivity index (χ2v) is 7.82. The van der Waals surface area contributed by atoms with Crippen LogP contribution < -0.4 is 18.9 Å². The van der Waals surface area contributed by atoms with Crippen LogP contribution in [0.4, 0.5) is 0 Å². The van der Waals surface area contributed by atoms with Gasteiger partial charge in [0.25, 0.3) is 0 Å². The molecule has 2 aromatic carbocycles. The molecule has 2 aromatic rings. The zero-order valence-electron chi connectivity index (χ0n) is 19.1. The average Bonchev–Trinajstić information content (AvgIpc) is 2.77. The Labute approximate surface area is 180 Å². The van der Waals surface area contributed by atoms with Gasteiger partial charge in [0.05, 0.1) is 28.4 Å². The summed E-state index contributed by atoms with van der Waals surface area (Å²) in [4.78, 5) is 5.01. The van der Waals surface area contributed by atoms with E-state index in [1.807, 2.05) is 0 Å². The molecule has 1 aliphatic rings. The molecule has 0 aromatic heterocycles. The minimum absolute atomic E-state index is 0.786. The van der Waals surface area contributed by atoms with Gasteiger partial charge < -0.3 is 18.9 Å². The van der Waals surface area contributed by atoms with Crippen LogP contribution in [0.1, 0.15) is 22.3 Å². The number of benzene rings is 2. The van der Waals surface area contributed by atoms with Crippen molar-refractivity contribution < 1.29 is 18.9 Å². The zero-order valence-corrected chi connectivity index (χ0v) is 19.1. The number of ether oxygens (including phenoxy) is 4. The molecule has 0 amide bonds. The third kappa shape index (κ3) is 4.99. The summed E-state index contributed by atoms with van der Waals surface area (Å²) in [6, 6.07) is 8.33. The second kappa shape index (κ2) is 10.0. The summed E-state index contributed by atoms with van der Waals surface area (Å²) in [6.45, 7) is 10.3. The summed E-state index contributed by atoms with van der Waals surface area (Å²) >= 11 is 0. The number of hydrogen-bond donors (Lipinski definition) is 0. The van der Waals surface area contributed by atoms with Gasteiger partial charge in [0, 0.05) is 39.3 Å². The van der Waals surface area contributed by atoms with Gasteiger partial charge in [-0.1, -0.05) is 0 Å². The maximum absolute atomic E-state index is 5.48. The number of aryl methyl sites for hydroxylation is 2. The highest BCUT2D eigenvalue weighted by atomic mass is 16.5. The van der Waals surface area contributed by atoms with Crippen molar-refractivity contribution in [1.29, 1.82) is 0 Å². The van der Waals surface area contributed by atoms with E-state index in [1.165, 1.54) is 22.3 Å². The number of piperazine rings is 1. The molecule has 6 nitrogen and oxygen atoms in total. The van der Waals surface area contributed by atoms with Crippen molar-refractivity contribution in [2.24, 2.45) is 0 Å². The first-order valence-corrected chi connectivity index (χ1v) is 10.4. The Hall–Kier alpha value is -2.44. The molecule has 1 fully saturated rings. The SMILES string of the molecule is COc1cc(C)c(CN2CCN(Cc3cc(OC)c(OC)cc3C)CC2)cc1OC. The fraction of sp³-hybridized carbons (Fsp3) is 0.500. The molecule has 1 aliphatic heterocycles. The van der Waals surface area contributed by atoms with Crippen LogP contribution in [0, 0.1) is 13.8 Å². The van der Waals surface area contributed by atoms with Crippen molar-refractivity contribution in [3.63, 3.8) is 0 Å². The Morgan fingerprint density at radius 2 is 0.867 bits per heavy atom. The van der Waals surface area contributed by atoms with Gasteiger partial charge in [-0.25, -0.2) is 0 Å². The third-order valence-electron chi connectivity index (χ3n) is 5.94. The maximum Gasteiger partial charge on any atom is 0.161 e. The Kier molecular flexibility index (Phi) is 7.45. The lowest BCUT2D eigenvalue weighted by molar-refractivity contribution is 0.121. The molecular formula is C24H34N2O4. The van der Waals surface area contributed by atoms with Crippen molar-refractivity contribution in [3.05, 3.63) is 46.5 Å². The van der Waals surface area contributed by atoms with E-state index >= 15 is 0 Å². The van der Waals surface area contributed by atoms with E-state index in [1.54, 1.807) is 28.4 Å². The number of nitrogens with zero attached hydrogens (tertiary/aromatic N) is 2. The van der Waals surface area contributed by atoms with Crippen molar-refractivity contribution in [1.82, 2.24) is 9.80 Å². The molecule has 1 heterocycles. The highest BCUT2D eigenvalue weighted by molar-refractivity contribution is 5.48. The summed E-state index contributed by atoms with van der Waals surface area (Å²) in [5.41, 5.74) is 5.04. The maximum atomic E-state index is 5.48. The summed E-state index contributed by atoms with van der Waals surface area (Å²) in [5, 5.41) is 0. The quantitative estimate of drug-likeness (QED) is 0.657.